The van der Waals surface area contributed by atoms with Gasteiger partial charge in [-0.2, -0.15) is 0 Å². The quantitative estimate of drug-likeness (QED) is 0.646. The Kier molecular flexibility index (Phi) is 5.73. The molecule has 1 heterocycles. The number of amides is 1. The number of hydrogen-bond acceptors (Lipinski definition) is 3. The minimum atomic E-state index is -0.803. The Balaban J connectivity index is 1.76. The van der Waals surface area contributed by atoms with Gasteiger partial charge in [-0.25, -0.2) is 0 Å². The second kappa shape index (κ2) is 8.21. The zero-order chi connectivity index (χ0) is 20.3. The van der Waals surface area contributed by atoms with Crippen LogP contribution in [0.3, 0.4) is 0 Å². The molecule has 1 unspecified atom stereocenters. The Morgan fingerprint density at radius 3 is 2.79 bits per heavy atom. The molecule has 0 saturated carbocycles. The fraction of sp³-hybridized carbons (Fsp3) is 0.238. The number of carbonyl (C=O) groups excluding carboxylic acids is 1. The van der Waals surface area contributed by atoms with Crippen LogP contribution in [-0.2, 0) is 16.1 Å². The number of aliphatic hydroxyl groups is 1. The lowest BCUT2D eigenvalue weighted by Crippen LogP contribution is -2.25. The average Bonchev–Trinajstić information content (AvgIpc) is 3.06. The molecule has 1 aromatic heterocycles. The molecule has 6 nitrogen and oxygen atoms in total. The highest BCUT2D eigenvalue weighted by molar-refractivity contribution is 6.14. The SMILES string of the molecule is BC1CC(C(=O)NC(=C)c2cccc3c2ccn3CCCC(=O)O)=CC=C1O. The molecule has 7 heteroatoms. The second-order valence-corrected chi connectivity index (χ2v) is 7.07. The van der Waals surface area contributed by atoms with E-state index in [9.17, 15) is 14.7 Å². The topological polar surface area (TPSA) is 91.6 Å². The van der Waals surface area contributed by atoms with Gasteiger partial charge >= 0.3 is 5.97 Å². The van der Waals surface area contributed by atoms with Crippen LogP contribution in [0.5, 0.6) is 0 Å². The molecule has 2 aromatic rings. The van der Waals surface area contributed by atoms with Gasteiger partial charge in [-0.3, -0.25) is 9.59 Å². The molecule has 0 spiro atoms. The Hall–Kier alpha value is -3.22. The minimum absolute atomic E-state index is 0.0812. The fourth-order valence-electron chi connectivity index (χ4n) is 3.39. The molecule has 0 radical (unpaired) electrons. The number of hydrogen-bond donors (Lipinski definition) is 3. The standard InChI is InChI=1S/C21H23BN2O4/c1-13(23-21(28)14-7-8-19(25)17(22)12-14)15-4-2-5-18-16(15)9-11-24(18)10-3-6-20(26)27/h2,4-5,7-9,11,17,25H,1,3,6,10,12,22H2,(H,23,28)(H,26,27). The Labute approximate surface area is 164 Å². The van der Waals surface area contributed by atoms with Crippen LogP contribution in [0.15, 0.2) is 60.5 Å². The molecule has 144 valence electrons. The number of carbonyl (C=O) groups is 2. The van der Waals surface area contributed by atoms with Crippen molar-refractivity contribution in [1.29, 1.82) is 0 Å². The first-order chi connectivity index (χ1) is 13.4. The first-order valence-electron chi connectivity index (χ1n) is 9.27. The molecule has 0 bridgehead atoms. The summed E-state index contributed by atoms with van der Waals surface area (Å²) >= 11 is 0. The molecular weight excluding hydrogens is 355 g/mol. The number of nitrogens with zero attached hydrogens (tertiary/aromatic N) is 1. The predicted octanol–water partition coefficient (Wildman–Crippen LogP) is 2.79. The van der Waals surface area contributed by atoms with Crippen LogP contribution in [0.2, 0.25) is 5.82 Å². The van der Waals surface area contributed by atoms with Gasteiger partial charge in [-0.05, 0) is 36.9 Å². The maximum atomic E-state index is 12.6. The second-order valence-electron chi connectivity index (χ2n) is 7.07. The van der Waals surface area contributed by atoms with Crippen molar-refractivity contribution in [2.24, 2.45) is 0 Å². The first-order valence-corrected chi connectivity index (χ1v) is 9.27. The minimum Gasteiger partial charge on any atom is -0.513 e. The number of carboxylic acids is 1. The van der Waals surface area contributed by atoms with Crippen LogP contribution in [-0.4, -0.2) is 34.5 Å². The number of aliphatic carboxylic acids is 1. The third-order valence-corrected chi connectivity index (χ3v) is 4.97. The maximum absolute atomic E-state index is 12.6. The summed E-state index contributed by atoms with van der Waals surface area (Å²) in [7, 11) is 1.87. The summed E-state index contributed by atoms with van der Waals surface area (Å²) in [6.45, 7) is 4.64. The van der Waals surface area contributed by atoms with E-state index in [0.29, 0.717) is 30.7 Å². The van der Waals surface area contributed by atoms with E-state index in [1.165, 1.54) is 0 Å². The summed E-state index contributed by atoms with van der Waals surface area (Å²) in [5.41, 5.74) is 2.90. The highest BCUT2D eigenvalue weighted by Gasteiger charge is 2.20. The zero-order valence-corrected chi connectivity index (χ0v) is 15.8. The van der Waals surface area contributed by atoms with Gasteiger partial charge in [0.1, 0.15) is 7.85 Å². The van der Waals surface area contributed by atoms with E-state index in [2.05, 4.69) is 11.9 Å². The summed E-state index contributed by atoms with van der Waals surface area (Å²) in [4.78, 5) is 23.3. The van der Waals surface area contributed by atoms with Crippen molar-refractivity contribution >= 4 is 36.3 Å². The van der Waals surface area contributed by atoms with E-state index in [1.807, 2.05) is 42.9 Å². The Morgan fingerprint density at radius 1 is 1.29 bits per heavy atom. The van der Waals surface area contributed by atoms with E-state index in [1.54, 1.807) is 12.2 Å². The molecule has 3 rings (SSSR count). The summed E-state index contributed by atoms with van der Waals surface area (Å²) in [6.07, 6.45) is 6.27. The van der Waals surface area contributed by atoms with E-state index in [4.69, 9.17) is 5.11 Å². The third-order valence-electron chi connectivity index (χ3n) is 4.97. The number of aliphatic hydroxyl groups excluding tert-OH is 1. The van der Waals surface area contributed by atoms with Crippen LogP contribution >= 0.6 is 0 Å². The first kappa shape index (κ1) is 19.5. The van der Waals surface area contributed by atoms with Gasteiger partial charge in [0.25, 0.3) is 5.91 Å². The van der Waals surface area contributed by atoms with Gasteiger partial charge in [0.15, 0.2) is 0 Å². The number of fused-ring (bicyclic) bond motifs is 1. The molecule has 1 amide bonds. The molecule has 0 aliphatic heterocycles. The smallest absolute Gasteiger partial charge is 0.303 e. The van der Waals surface area contributed by atoms with E-state index in [-0.39, 0.29) is 23.9 Å². The highest BCUT2D eigenvalue weighted by atomic mass is 16.4. The summed E-state index contributed by atoms with van der Waals surface area (Å²) in [5, 5.41) is 22.3. The van der Waals surface area contributed by atoms with Crippen LogP contribution in [0.25, 0.3) is 16.6 Å². The Bertz CT molecular complexity index is 1000. The van der Waals surface area contributed by atoms with Gasteiger partial charge in [-0.15, -0.1) is 0 Å². The van der Waals surface area contributed by atoms with E-state index >= 15 is 0 Å². The molecule has 3 N–H and O–H groups in total. The van der Waals surface area contributed by atoms with Crippen molar-refractivity contribution in [3.05, 3.63) is 66.1 Å². The van der Waals surface area contributed by atoms with Crippen molar-refractivity contribution < 1.29 is 19.8 Å². The number of nitrogens with one attached hydrogen (secondary N) is 1. The number of aryl methyl sites for hydroxylation is 1. The van der Waals surface area contributed by atoms with Gasteiger partial charge in [0, 0.05) is 46.9 Å². The number of carboxylic acid groups (broad SMARTS) is 1. The lowest BCUT2D eigenvalue weighted by Gasteiger charge is -2.18. The maximum Gasteiger partial charge on any atom is 0.303 e. The van der Waals surface area contributed by atoms with Crippen molar-refractivity contribution in [2.45, 2.75) is 31.6 Å². The van der Waals surface area contributed by atoms with Crippen LogP contribution < -0.4 is 5.32 Å². The van der Waals surface area contributed by atoms with Gasteiger partial charge in [0.2, 0.25) is 0 Å². The molecule has 1 aliphatic rings. The molecule has 1 aliphatic carbocycles. The number of rotatable bonds is 7. The summed E-state index contributed by atoms with van der Waals surface area (Å²) in [6, 6.07) is 7.71. The van der Waals surface area contributed by atoms with Crippen molar-refractivity contribution in [2.75, 3.05) is 0 Å². The lowest BCUT2D eigenvalue weighted by atomic mass is 9.77. The number of benzene rings is 1. The molecular formula is C21H23BN2O4. The molecule has 0 fully saturated rings. The van der Waals surface area contributed by atoms with Crippen molar-refractivity contribution in [3.8, 4) is 0 Å². The molecule has 0 saturated heterocycles. The average molecular weight is 378 g/mol. The van der Waals surface area contributed by atoms with Gasteiger partial charge in [0.05, 0.1) is 5.76 Å². The molecule has 1 atom stereocenters. The van der Waals surface area contributed by atoms with Crippen LogP contribution in [0.1, 0.15) is 24.8 Å². The van der Waals surface area contributed by atoms with Gasteiger partial charge < -0.3 is 20.1 Å². The fourth-order valence-corrected chi connectivity index (χ4v) is 3.39. The summed E-state index contributed by atoms with van der Waals surface area (Å²) < 4.78 is 2.01. The highest BCUT2D eigenvalue weighted by Crippen LogP contribution is 2.28. The largest absolute Gasteiger partial charge is 0.513 e. The zero-order valence-electron chi connectivity index (χ0n) is 15.8. The van der Waals surface area contributed by atoms with Gasteiger partial charge in [-0.1, -0.05) is 24.8 Å². The van der Waals surface area contributed by atoms with E-state index < -0.39 is 5.97 Å². The van der Waals surface area contributed by atoms with Crippen molar-refractivity contribution in [3.63, 3.8) is 0 Å². The normalized spacial score (nSPS) is 16.4. The Morgan fingerprint density at radius 2 is 2.07 bits per heavy atom. The van der Waals surface area contributed by atoms with E-state index in [0.717, 1.165) is 16.5 Å². The number of allylic oxidation sites excluding steroid dienone is 3. The third kappa shape index (κ3) is 4.19. The number of aromatic nitrogens is 1. The lowest BCUT2D eigenvalue weighted by molar-refractivity contribution is -0.137. The van der Waals surface area contributed by atoms with Crippen LogP contribution in [0.4, 0.5) is 0 Å². The predicted molar refractivity (Wildman–Crippen MR) is 112 cm³/mol. The van der Waals surface area contributed by atoms with Crippen LogP contribution in [0, 0.1) is 0 Å². The molecule has 1 aromatic carbocycles. The monoisotopic (exact) mass is 378 g/mol. The van der Waals surface area contributed by atoms with Crippen molar-refractivity contribution in [1.82, 2.24) is 9.88 Å². The summed E-state index contributed by atoms with van der Waals surface area (Å²) in [5.74, 6) is -0.826. The molecule has 28 heavy (non-hydrogen) atoms.